The van der Waals surface area contributed by atoms with Crippen molar-refractivity contribution < 1.29 is 23.5 Å². The maximum Gasteiger partial charge on any atom is 0.261 e. The topological polar surface area (TPSA) is 67.9 Å². The van der Waals surface area contributed by atoms with Crippen molar-refractivity contribution in [2.75, 3.05) is 33.9 Å². The van der Waals surface area contributed by atoms with Crippen LogP contribution in [0.1, 0.15) is 18.4 Å². The Morgan fingerprint density at radius 3 is 2.83 bits per heavy atom. The van der Waals surface area contributed by atoms with E-state index in [4.69, 9.17) is 9.47 Å². The van der Waals surface area contributed by atoms with E-state index in [1.165, 1.54) is 31.2 Å². The zero-order chi connectivity index (χ0) is 17.7. The highest BCUT2D eigenvalue weighted by Crippen LogP contribution is 2.30. The van der Waals surface area contributed by atoms with Crippen molar-refractivity contribution in [3.8, 4) is 5.75 Å². The number of nitrogens with one attached hydrogen (secondary N) is 1. The number of halogens is 1. The molecule has 1 aliphatic heterocycles. The van der Waals surface area contributed by atoms with E-state index in [2.05, 4.69) is 5.32 Å². The van der Waals surface area contributed by atoms with Crippen LogP contribution >= 0.6 is 0 Å². The molecular weight excluding hydrogens is 315 g/mol. The molecule has 24 heavy (non-hydrogen) atoms. The molecule has 1 atom stereocenters. The zero-order valence-electron chi connectivity index (χ0n) is 14.2. The number of likely N-dealkylation sites (tertiary alicyclic amines) is 1. The molecule has 0 spiro atoms. The van der Waals surface area contributed by atoms with Gasteiger partial charge in [0.2, 0.25) is 5.91 Å². The number of methoxy groups -OCH3 is 1. The molecule has 1 saturated heterocycles. The molecule has 0 aromatic heterocycles. The van der Waals surface area contributed by atoms with Gasteiger partial charge in [-0.2, -0.15) is 0 Å². The molecular formula is C17H23FN2O4. The highest BCUT2D eigenvalue weighted by atomic mass is 19.1. The van der Waals surface area contributed by atoms with Crippen LogP contribution in [0.2, 0.25) is 0 Å². The molecule has 1 aromatic carbocycles. The van der Waals surface area contributed by atoms with Gasteiger partial charge in [0.15, 0.2) is 18.2 Å². The molecule has 132 valence electrons. The fourth-order valence-corrected chi connectivity index (χ4v) is 3.10. The lowest BCUT2D eigenvalue weighted by Crippen LogP contribution is -2.60. The summed E-state index contributed by atoms with van der Waals surface area (Å²) in [7, 11) is 3.02. The Morgan fingerprint density at radius 1 is 1.42 bits per heavy atom. The second-order valence-electron chi connectivity index (χ2n) is 5.92. The van der Waals surface area contributed by atoms with Gasteiger partial charge < -0.3 is 19.7 Å². The number of aryl methyl sites for hydroxylation is 1. The molecule has 6 nitrogen and oxygen atoms in total. The summed E-state index contributed by atoms with van der Waals surface area (Å²) in [6.07, 6.45) is 1.21. The van der Waals surface area contributed by atoms with E-state index in [0.717, 1.165) is 5.56 Å². The van der Waals surface area contributed by atoms with Gasteiger partial charge >= 0.3 is 0 Å². The van der Waals surface area contributed by atoms with Crippen molar-refractivity contribution in [2.45, 2.75) is 25.3 Å². The van der Waals surface area contributed by atoms with Crippen molar-refractivity contribution in [3.05, 3.63) is 29.6 Å². The number of likely N-dealkylation sites (N-methyl/N-ethyl adjacent to an activating group) is 1. The van der Waals surface area contributed by atoms with Crippen LogP contribution < -0.4 is 10.1 Å². The van der Waals surface area contributed by atoms with Crippen molar-refractivity contribution in [3.63, 3.8) is 0 Å². The van der Waals surface area contributed by atoms with Crippen molar-refractivity contribution in [2.24, 2.45) is 0 Å². The van der Waals surface area contributed by atoms with E-state index in [1.54, 1.807) is 6.07 Å². The maximum absolute atomic E-state index is 13.7. The third-order valence-corrected chi connectivity index (χ3v) is 4.26. The molecule has 1 N–H and O–H groups in total. The highest BCUT2D eigenvalue weighted by Gasteiger charge is 2.49. The minimum atomic E-state index is -1.03. The standard InChI is InChI=1S/C17H23FN2O4/c1-12-5-6-13(18)14(9-12)24-10-15(21)20-8-4-7-17(20,11-23-3)16(22)19-2/h5-6,9H,4,7-8,10-11H2,1-3H3,(H,19,22). The number of hydrogen-bond donors (Lipinski definition) is 1. The first-order valence-electron chi connectivity index (χ1n) is 7.85. The number of benzene rings is 1. The van der Waals surface area contributed by atoms with Gasteiger partial charge in [0.05, 0.1) is 6.61 Å². The van der Waals surface area contributed by atoms with Crippen LogP contribution in [0.5, 0.6) is 5.75 Å². The van der Waals surface area contributed by atoms with Crippen molar-refractivity contribution in [1.29, 1.82) is 0 Å². The summed E-state index contributed by atoms with van der Waals surface area (Å²) in [4.78, 5) is 26.4. The summed E-state index contributed by atoms with van der Waals surface area (Å²) in [5.74, 6) is -1.13. The number of hydrogen-bond acceptors (Lipinski definition) is 4. The largest absolute Gasteiger partial charge is 0.481 e. The number of ether oxygens (including phenoxy) is 2. The van der Waals surface area contributed by atoms with E-state index in [0.29, 0.717) is 19.4 Å². The van der Waals surface area contributed by atoms with Crippen molar-refractivity contribution >= 4 is 11.8 Å². The lowest BCUT2D eigenvalue weighted by Gasteiger charge is -2.36. The Balaban J connectivity index is 2.12. The summed E-state index contributed by atoms with van der Waals surface area (Å²) in [5, 5.41) is 2.59. The van der Waals surface area contributed by atoms with Crippen LogP contribution in [0.25, 0.3) is 0 Å². The minimum Gasteiger partial charge on any atom is -0.481 e. The summed E-state index contributed by atoms with van der Waals surface area (Å²) >= 11 is 0. The minimum absolute atomic E-state index is 0.0276. The normalized spacial score (nSPS) is 20.1. The summed E-state index contributed by atoms with van der Waals surface area (Å²) < 4.78 is 24.2. The van der Waals surface area contributed by atoms with Gasteiger partial charge in [-0.25, -0.2) is 4.39 Å². The smallest absolute Gasteiger partial charge is 0.261 e. The summed E-state index contributed by atoms with van der Waals surface area (Å²) in [6, 6.07) is 4.46. The van der Waals surface area contributed by atoms with Gasteiger partial charge in [-0.1, -0.05) is 6.07 Å². The van der Waals surface area contributed by atoms with E-state index in [1.807, 2.05) is 6.92 Å². The second-order valence-corrected chi connectivity index (χ2v) is 5.92. The lowest BCUT2D eigenvalue weighted by molar-refractivity contribution is -0.149. The quantitative estimate of drug-likeness (QED) is 0.848. The summed E-state index contributed by atoms with van der Waals surface area (Å²) in [5.41, 5.74) is -0.200. The zero-order valence-corrected chi connectivity index (χ0v) is 14.2. The summed E-state index contributed by atoms with van der Waals surface area (Å²) in [6.45, 7) is 2.03. The first-order valence-corrected chi connectivity index (χ1v) is 7.85. The fourth-order valence-electron chi connectivity index (χ4n) is 3.10. The number of nitrogens with zero attached hydrogens (tertiary/aromatic N) is 1. The molecule has 1 unspecified atom stereocenters. The molecule has 0 bridgehead atoms. The number of carbonyl (C=O) groups excluding carboxylic acids is 2. The van der Waals surface area contributed by atoms with E-state index >= 15 is 0 Å². The number of amides is 2. The van der Waals surface area contributed by atoms with Crippen LogP contribution in [-0.4, -0.2) is 56.2 Å². The molecule has 1 aromatic rings. The highest BCUT2D eigenvalue weighted by molar-refractivity contribution is 5.92. The van der Waals surface area contributed by atoms with E-state index in [9.17, 15) is 14.0 Å². The molecule has 2 amide bonds. The predicted octanol–water partition coefficient (Wildman–Crippen LogP) is 1.27. The fraction of sp³-hybridized carbons (Fsp3) is 0.529. The molecule has 0 saturated carbocycles. The van der Waals surface area contributed by atoms with Gasteiger partial charge in [-0.3, -0.25) is 9.59 Å². The first kappa shape index (κ1) is 18.2. The first-order chi connectivity index (χ1) is 11.4. The number of rotatable bonds is 6. The van der Waals surface area contributed by atoms with Crippen LogP contribution in [-0.2, 0) is 14.3 Å². The predicted molar refractivity (Wildman–Crippen MR) is 86.3 cm³/mol. The Kier molecular flexibility index (Phi) is 5.77. The Morgan fingerprint density at radius 2 is 2.17 bits per heavy atom. The average Bonchev–Trinajstić information content (AvgIpc) is 3.00. The molecule has 0 radical (unpaired) electrons. The van der Waals surface area contributed by atoms with Gasteiger partial charge in [-0.15, -0.1) is 0 Å². The van der Waals surface area contributed by atoms with Crippen molar-refractivity contribution in [1.82, 2.24) is 10.2 Å². The second kappa shape index (κ2) is 7.61. The molecule has 1 fully saturated rings. The van der Waals surface area contributed by atoms with Crippen LogP contribution in [0, 0.1) is 12.7 Å². The Hall–Kier alpha value is -2.15. The maximum atomic E-state index is 13.7. The Labute approximate surface area is 140 Å². The monoisotopic (exact) mass is 338 g/mol. The van der Waals surface area contributed by atoms with Gasteiger partial charge in [0.25, 0.3) is 5.91 Å². The average molecular weight is 338 g/mol. The Bertz CT molecular complexity index is 623. The third kappa shape index (κ3) is 3.51. The van der Waals surface area contributed by atoms with Crippen LogP contribution in [0.3, 0.4) is 0 Å². The van der Waals surface area contributed by atoms with Gasteiger partial charge in [0.1, 0.15) is 5.54 Å². The molecule has 2 rings (SSSR count). The van der Waals surface area contributed by atoms with Gasteiger partial charge in [-0.05, 0) is 37.5 Å². The molecule has 1 aliphatic rings. The third-order valence-electron chi connectivity index (χ3n) is 4.26. The van der Waals surface area contributed by atoms with Crippen LogP contribution in [0.4, 0.5) is 4.39 Å². The number of carbonyl (C=O) groups is 2. The molecule has 7 heteroatoms. The van der Waals surface area contributed by atoms with Crippen LogP contribution in [0.15, 0.2) is 18.2 Å². The molecule has 1 heterocycles. The molecule has 0 aliphatic carbocycles. The van der Waals surface area contributed by atoms with E-state index < -0.39 is 11.4 Å². The van der Waals surface area contributed by atoms with Gasteiger partial charge in [0, 0.05) is 20.7 Å². The SMILES string of the molecule is CNC(=O)C1(COC)CCCN1C(=O)COc1cc(C)ccc1F. The van der Waals surface area contributed by atoms with E-state index in [-0.39, 0.29) is 30.8 Å². The lowest BCUT2D eigenvalue weighted by atomic mass is 9.96.